The van der Waals surface area contributed by atoms with E-state index in [0.717, 1.165) is 18.8 Å². The van der Waals surface area contributed by atoms with Crippen molar-refractivity contribution >= 4 is 17.4 Å². The zero-order valence-electron chi connectivity index (χ0n) is 13.2. The summed E-state index contributed by atoms with van der Waals surface area (Å²) in [6.07, 6.45) is 5.37. The van der Waals surface area contributed by atoms with Gasteiger partial charge in [0.15, 0.2) is 11.5 Å². The largest absolute Gasteiger partial charge is 0.364 e. The van der Waals surface area contributed by atoms with Crippen LogP contribution >= 0.6 is 0 Å². The molecule has 1 aliphatic rings. The number of nitrogens with one attached hydrogen (secondary N) is 1. The number of benzene rings is 1. The van der Waals surface area contributed by atoms with E-state index in [4.69, 9.17) is 5.73 Å². The van der Waals surface area contributed by atoms with E-state index in [1.165, 1.54) is 30.8 Å². The van der Waals surface area contributed by atoms with Gasteiger partial charge in [-0.15, -0.1) is 0 Å². The van der Waals surface area contributed by atoms with Gasteiger partial charge in [0.2, 0.25) is 0 Å². The first-order valence-electron chi connectivity index (χ1n) is 7.80. The van der Waals surface area contributed by atoms with Crippen LogP contribution in [0.3, 0.4) is 0 Å². The average molecular weight is 311 g/mol. The first-order valence-corrected chi connectivity index (χ1v) is 7.80. The van der Waals surface area contributed by atoms with Crippen LogP contribution in [-0.2, 0) is 0 Å². The summed E-state index contributed by atoms with van der Waals surface area (Å²) in [6.45, 7) is 2.29. The molecule has 1 saturated heterocycles. The Kier molecular flexibility index (Phi) is 4.52. The van der Waals surface area contributed by atoms with Crippen molar-refractivity contribution in [3.05, 3.63) is 47.9 Å². The quantitative estimate of drug-likeness (QED) is 0.903. The molecule has 1 aliphatic heterocycles. The van der Waals surface area contributed by atoms with Gasteiger partial charge in [-0.2, -0.15) is 0 Å². The number of primary amides is 1. The first kappa shape index (κ1) is 15.4. The number of hydrogen-bond acceptors (Lipinski definition) is 5. The molecule has 6 nitrogen and oxygen atoms in total. The van der Waals surface area contributed by atoms with Crippen molar-refractivity contribution in [3.63, 3.8) is 0 Å². The maximum absolute atomic E-state index is 11.4. The number of rotatable bonds is 4. The predicted octanol–water partition coefficient (Wildman–Crippen LogP) is 2.13. The molecule has 120 valence electrons. The third kappa shape index (κ3) is 3.65. The molecule has 2 heterocycles. The van der Waals surface area contributed by atoms with Crippen molar-refractivity contribution in [2.45, 2.75) is 18.8 Å². The Labute approximate surface area is 135 Å². The van der Waals surface area contributed by atoms with E-state index in [1.54, 1.807) is 0 Å². The second-order valence-corrected chi connectivity index (χ2v) is 5.94. The Balaban J connectivity index is 1.72. The zero-order chi connectivity index (χ0) is 16.2. The predicted molar refractivity (Wildman–Crippen MR) is 89.7 cm³/mol. The highest BCUT2D eigenvalue weighted by atomic mass is 16.1. The zero-order valence-corrected chi connectivity index (χ0v) is 13.2. The normalized spacial score (nSPS) is 16.2. The summed E-state index contributed by atoms with van der Waals surface area (Å²) < 4.78 is 0. The Hall–Kier alpha value is -2.47. The lowest BCUT2D eigenvalue weighted by atomic mass is 9.89. The molecule has 0 aliphatic carbocycles. The van der Waals surface area contributed by atoms with Gasteiger partial charge in [-0.05, 0) is 56.6 Å². The molecule has 1 aromatic heterocycles. The topological polar surface area (TPSA) is 84.1 Å². The molecule has 0 bridgehead atoms. The molecule has 0 unspecified atom stereocenters. The minimum atomic E-state index is -0.594. The molecule has 23 heavy (non-hydrogen) atoms. The highest BCUT2D eigenvalue weighted by Gasteiger charge is 2.18. The minimum Gasteiger partial charge on any atom is -0.364 e. The maximum Gasteiger partial charge on any atom is 0.271 e. The summed E-state index contributed by atoms with van der Waals surface area (Å²) >= 11 is 0. The molecular weight excluding hydrogens is 290 g/mol. The fourth-order valence-electron chi connectivity index (χ4n) is 2.93. The number of nitrogens with zero attached hydrogens (tertiary/aromatic N) is 3. The van der Waals surface area contributed by atoms with E-state index in [-0.39, 0.29) is 5.69 Å². The number of likely N-dealkylation sites (tertiary alicyclic amines) is 1. The van der Waals surface area contributed by atoms with E-state index < -0.39 is 5.91 Å². The smallest absolute Gasteiger partial charge is 0.271 e. The number of piperidine rings is 1. The van der Waals surface area contributed by atoms with Gasteiger partial charge in [0.05, 0.1) is 0 Å². The number of nitrogens with two attached hydrogens (primary N) is 1. The molecule has 2 aromatic rings. The lowest BCUT2D eigenvalue weighted by Crippen LogP contribution is -2.29. The summed E-state index contributed by atoms with van der Waals surface area (Å²) in [4.78, 5) is 21.8. The van der Waals surface area contributed by atoms with E-state index >= 15 is 0 Å². The minimum absolute atomic E-state index is 0.145. The van der Waals surface area contributed by atoms with E-state index in [1.807, 2.05) is 12.1 Å². The first-order chi connectivity index (χ1) is 11.1. The molecule has 3 N–H and O–H groups in total. The number of aromatic nitrogens is 2. The number of hydrogen-bond donors (Lipinski definition) is 2. The van der Waals surface area contributed by atoms with Crippen LogP contribution in [0.15, 0.2) is 36.7 Å². The average Bonchev–Trinajstić information content (AvgIpc) is 2.57. The number of carbonyl (C=O) groups is 1. The van der Waals surface area contributed by atoms with Crippen LogP contribution in [0.4, 0.5) is 11.5 Å². The van der Waals surface area contributed by atoms with Gasteiger partial charge in [0, 0.05) is 18.1 Å². The molecule has 0 saturated carbocycles. The third-order valence-electron chi connectivity index (χ3n) is 4.30. The number of carbonyl (C=O) groups excluding carboxylic acids is 1. The van der Waals surface area contributed by atoms with Crippen LogP contribution in [0.5, 0.6) is 0 Å². The number of anilines is 2. The lowest BCUT2D eigenvalue weighted by Gasteiger charge is -2.29. The van der Waals surface area contributed by atoms with E-state index in [0.29, 0.717) is 11.7 Å². The molecule has 0 radical (unpaired) electrons. The standard InChI is InChI=1S/C17H21N5O/c1-22-10-6-13(7-11-22)12-2-4-14(5-3-12)21-17-15(16(18)23)19-8-9-20-17/h2-5,8-9,13H,6-7,10-11H2,1H3,(H2,18,23)(H,20,21). The van der Waals surface area contributed by atoms with Crippen LogP contribution in [0.25, 0.3) is 0 Å². The van der Waals surface area contributed by atoms with Gasteiger partial charge in [0.25, 0.3) is 5.91 Å². The molecule has 1 aromatic carbocycles. The summed E-state index contributed by atoms with van der Waals surface area (Å²) in [5.41, 5.74) is 7.69. The fraction of sp³-hybridized carbons (Fsp3) is 0.353. The monoisotopic (exact) mass is 311 g/mol. The Morgan fingerprint density at radius 3 is 2.48 bits per heavy atom. The third-order valence-corrected chi connectivity index (χ3v) is 4.30. The Bertz CT molecular complexity index is 678. The summed E-state index contributed by atoms with van der Waals surface area (Å²) in [6, 6.07) is 8.29. The SMILES string of the molecule is CN1CCC(c2ccc(Nc3nccnc3C(N)=O)cc2)CC1. The van der Waals surface area contributed by atoms with E-state index in [9.17, 15) is 4.79 Å². The van der Waals surface area contributed by atoms with Crippen molar-refractivity contribution in [3.8, 4) is 0 Å². The summed E-state index contributed by atoms with van der Waals surface area (Å²) in [7, 11) is 2.17. The van der Waals surface area contributed by atoms with Crippen LogP contribution in [0, 0.1) is 0 Å². The molecule has 1 amide bonds. The molecule has 6 heteroatoms. The van der Waals surface area contributed by atoms with Gasteiger partial charge in [-0.1, -0.05) is 12.1 Å². The van der Waals surface area contributed by atoms with Crippen LogP contribution in [0.1, 0.15) is 34.8 Å². The van der Waals surface area contributed by atoms with Crippen molar-refractivity contribution in [1.82, 2.24) is 14.9 Å². The lowest BCUT2D eigenvalue weighted by molar-refractivity contribution is 0.0996. The fourth-order valence-corrected chi connectivity index (χ4v) is 2.93. The maximum atomic E-state index is 11.4. The number of amides is 1. The second kappa shape index (κ2) is 6.75. The van der Waals surface area contributed by atoms with Crippen molar-refractivity contribution < 1.29 is 4.79 Å². The van der Waals surface area contributed by atoms with Gasteiger partial charge in [-0.25, -0.2) is 9.97 Å². The molecule has 0 spiro atoms. The molecule has 0 atom stereocenters. The van der Waals surface area contributed by atoms with Gasteiger partial charge in [0.1, 0.15) is 0 Å². The van der Waals surface area contributed by atoms with Gasteiger partial charge >= 0.3 is 0 Å². The van der Waals surface area contributed by atoms with Crippen molar-refractivity contribution in [2.24, 2.45) is 5.73 Å². The van der Waals surface area contributed by atoms with Gasteiger partial charge < -0.3 is 16.0 Å². The van der Waals surface area contributed by atoms with Crippen LogP contribution in [-0.4, -0.2) is 40.9 Å². The molecular formula is C17H21N5O. The van der Waals surface area contributed by atoms with Crippen molar-refractivity contribution in [2.75, 3.05) is 25.5 Å². The Morgan fingerprint density at radius 2 is 1.83 bits per heavy atom. The van der Waals surface area contributed by atoms with Gasteiger partial charge in [-0.3, -0.25) is 4.79 Å². The van der Waals surface area contributed by atoms with E-state index in [2.05, 4.69) is 39.4 Å². The molecule has 1 fully saturated rings. The Morgan fingerprint density at radius 1 is 1.17 bits per heavy atom. The highest BCUT2D eigenvalue weighted by Crippen LogP contribution is 2.28. The van der Waals surface area contributed by atoms with Crippen LogP contribution < -0.4 is 11.1 Å². The second-order valence-electron chi connectivity index (χ2n) is 5.94. The van der Waals surface area contributed by atoms with Crippen LogP contribution in [0.2, 0.25) is 0 Å². The van der Waals surface area contributed by atoms with Crippen molar-refractivity contribution in [1.29, 1.82) is 0 Å². The summed E-state index contributed by atoms with van der Waals surface area (Å²) in [5.74, 6) is 0.411. The molecule has 3 rings (SSSR count). The highest BCUT2D eigenvalue weighted by molar-refractivity contribution is 5.96. The summed E-state index contributed by atoms with van der Waals surface area (Å²) in [5, 5.41) is 3.11.